The highest BCUT2D eigenvalue weighted by molar-refractivity contribution is 14.1. The Morgan fingerprint density at radius 3 is 2.53 bits per heavy atom. The molecule has 6 heteroatoms. The van der Waals surface area contributed by atoms with Crippen molar-refractivity contribution in [3.63, 3.8) is 0 Å². The number of rotatable bonds is 3. The van der Waals surface area contributed by atoms with E-state index in [1.165, 1.54) is 0 Å². The third-order valence-corrected chi connectivity index (χ3v) is 3.73. The monoisotopic (exact) mass is 369 g/mol. The number of nitrogens with zero attached hydrogens (tertiary/aromatic N) is 4. The van der Waals surface area contributed by atoms with Crippen molar-refractivity contribution in [2.24, 2.45) is 0 Å². The average molecular weight is 369 g/mol. The predicted molar refractivity (Wildman–Crippen MR) is 84.1 cm³/mol. The molecule has 100 valence electrons. The molecule has 0 amide bonds. The van der Waals surface area contributed by atoms with Gasteiger partial charge in [0.1, 0.15) is 17.3 Å². The van der Waals surface area contributed by atoms with Crippen LogP contribution in [-0.4, -0.2) is 27.0 Å². The highest BCUT2D eigenvalue weighted by atomic mass is 127. The van der Waals surface area contributed by atoms with Gasteiger partial charge in [0.2, 0.25) is 0 Å². The largest absolute Gasteiger partial charge is 0.372 e. The average Bonchev–Trinajstić information content (AvgIpc) is 2.38. The molecule has 19 heavy (non-hydrogen) atoms. The lowest BCUT2D eigenvalue weighted by molar-refractivity contribution is 0.808. The van der Waals surface area contributed by atoms with Gasteiger partial charge in [0, 0.05) is 13.2 Å². The minimum atomic E-state index is 0.337. The smallest absolute Gasteiger partial charge is 0.180 e. The molecule has 0 saturated heterocycles. The summed E-state index contributed by atoms with van der Waals surface area (Å²) in [4.78, 5) is 17.6. The van der Waals surface area contributed by atoms with Crippen molar-refractivity contribution in [2.75, 3.05) is 12.4 Å². The predicted octanol–water partition coefficient (Wildman–Crippen LogP) is 3.01. The first kappa shape index (κ1) is 14.1. The van der Waals surface area contributed by atoms with Gasteiger partial charge in [-0.3, -0.25) is 0 Å². The maximum Gasteiger partial charge on any atom is 0.180 e. The SMILES string of the molecule is CNc1nc(-c2ccnc(C)n2)nc(C(C)C)c1I. The van der Waals surface area contributed by atoms with Crippen LogP contribution in [0.4, 0.5) is 5.82 Å². The molecule has 0 aliphatic rings. The van der Waals surface area contributed by atoms with Crippen LogP contribution in [0.15, 0.2) is 12.3 Å². The van der Waals surface area contributed by atoms with Crippen LogP contribution in [0.3, 0.4) is 0 Å². The summed E-state index contributed by atoms with van der Waals surface area (Å²) in [5.74, 6) is 2.53. The van der Waals surface area contributed by atoms with E-state index in [1.54, 1.807) is 6.20 Å². The summed E-state index contributed by atoms with van der Waals surface area (Å²) in [5.41, 5.74) is 1.79. The van der Waals surface area contributed by atoms with Crippen LogP contribution in [0, 0.1) is 10.5 Å². The Bertz CT molecular complexity index is 598. The molecule has 1 N–H and O–H groups in total. The van der Waals surface area contributed by atoms with Gasteiger partial charge in [-0.25, -0.2) is 19.9 Å². The van der Waals surface area contributed by atoms with Crippen molar-refractivity contribution in [3.8, 4) is 11.5 Å². The molecule has 0 aliphatic carbocycles. The van der Waals surface area contributed by atoms with Gasteiger partial charge in [-0.15, -0.1) is 0 Å². The van der Waals surface area contributed by atoms with E-state index in [0.29, 0.717) is 11.7 Å². The quantitative estimate of drug-likeness (QED) is 0.843. The van der Waals surface area contributed by atoms with Gasteiger partial charge in [0.25, 0.3) is 0 Å². The topological polar surface area (TPSA) is 63.6 Å². The molecule has 0 saturated carbocycles. The Labute approximate surface area is 126 Å². The van der Waals surface area contributed by atoms with Gasteiger partial charge >= 0.3 is 0 Å². The first-order valence-corrected chi connectivity index (χ1v) is 7.16. The minimum absolute atomic E-state index is 0.337. The molecule has 2 heterocycles. The van der Waals surface area contributed by atoms with Crippen molar-refractivity contribution in [2.45, 2.75) is 26.7 Å². The lowest BCUT2D eigenvalue weighted by Gasteiger charge is -2.13. The number of aryl methyl sites for hydroxylation is 1. The third-order valence-electron chi connectivity index (χ3n) is 2.67. The second-order valence-electron chi connectivity index (χ2n) is 4.49. The van der Waals surface area contributed by atoms with Crippen molar-refractivity contribution in [1.82, 2.24) is 19.9 Å². The van der Waals surface area contributed by atoms with Crippen molar-refractivity contribution in [3.05, 3.63) is 27.4 Å². The zero-order valence-electron chi connectivity index (χ0n) is 11.4. The lowest BCUT2D eigenvalue weighted by Crippen LogP contribution is -2.07. The number of nitrogens with one attached hydrogen (secondary N) is 1. The van der Waals surface area contributed by atoms with Crippen molar-refractivity contribution in [1.29, 1.82) is 0 Å². The standard InChI is InChI=1S/C13H16IN5/c1-7(2)11-10(14)13(15-4)19-12(18-11)9-5-6-16-8(3)17-9/h5-7H,1-4H3,(H,15,18,19). The first-order chi connectivity index (χ1) is 9.02. The van der Waals surface area contributed by atoms with E-state index in [0.717, 1.165) is 26.6 Å². The fraction of sp³-hybridized carbons (Fsp3) is 0.385. The van der Waals surface area contributed by atoms with E-state index in [9.17, 15) is 0 Å². The molecule has 2 aromatic rings. The molecule has 0 radical (unpaired) electrons. The van der Waals surface area contributed by atoms with E-state index in [-0.39, 0.29) is 0 Å². The summed E-state index contributed by atoms with van der Waals surface area (Å²) < 4.78 is 1.06. The number of halogens is 1. The molecule has 5 nitrogen and oxygen atoms in total. The number of hydrogen-bond donors (Lipinski definition) is 1. The van der Waals surface area contributed by atoms with E-state index in [4.69, 9.17) is 0 Å². The zero-order chi connectivity index (χ0) is 14.0. The molecular formula is C13H16IN5. The maximum absolute atomic E-state index is 4.64. The Kier molecular flexibility index (Phi) is 4.28. The minimum Gasteiger partial charge on any atom is -0.372 e. The van der Waals surface area contributed by atoms with Crippen LogP contribution in [0.1, 0.15) is 31.3 Å². The van der Waals surface area contributed by atoms with Crippen LogP contribution < -0.4 is 5.32 Å². The second-order valence-corrected chi connectivity index (χ2v) is 5.57. The number of hydrogen-bond acceptors (Lipinski definition) is 5. The maximum atomic E-state index is 4.64. The van der Waals surface area contributed by atoms with Gasteiger partial charge < -0.3 is 5.32 Å². The third kappa shape index (κ3) is 2.99. The molecule has 2 rings (SSSR count). The van der Waals surface area contributed by atoms with E-state index < -0.39 is 0 Å². The lowest BCUT2D eigenvalue weighted by atomic mass is 10.1. The summed E-state index contributed by atoms with van der Waals surface area (Å²) >= 11 is 2.28. The van der Waals surface area contributed by atoms with E-state index >= 15 is 0 Å². The van der Waals surface area contributed by atoms with Gasteiger partial charge in [0.15, 0.2) is 5.82 Å². The number of aromatic nitrogens is 4. The Morgan fingerprint density at radius 1 is 1.21 bits per heavy atom. The number of anilines is 1. The van der Waals surface area contributed by atoms with Gasteiger partial charge in [-0.2, -0.15) is 0 Å². The Balaban J connectivity index is 2.61. The summed E-state index contributed by atoms with van der Waals surface area (Å²) in [5, 5.41) is 3.11. The van der Waals surface area contributed by atoms with Crippen LogP contribution in [0.2, 0.25) is 0 Å². The molecule has 0 aromatic carbocycles. The summed E-state index contributed by atoms with van der Waals surface area (Å²) in [7, 11) is 1.86. The molecule has 2 aromatic heterocycles. The Morgan fingerprint density at radius 2 is 1.95 bits per heavy atom. The highest BCUT2D eigenvalue weighted by Crippen LogP contribution is 2.27. The highest BCUT2D eigenvalue weighted by Gasteiger charge is 2.15. The summed E-state index contributed by atoms with van der Waals surface area (Å²) in [6.07, 6.45) is 1.73. The van der Waals surface area contributed by atoms with Crippen LogP contribution in [0.25, 0.3) is 11.5 Å². The van der Waals surface area contributed by atoms with Crippen molar-refractivity contribution < 1.29 is 0 Å². The first-order valence-electron chi connectivity index (χ1n) is 6.08. The summed E-state index contributed by atoms with van der Waals surface area (Å²) in [6, 6.07) is 1.83. The van der Waals surface area contributed by atoms with Gasteiger partial charge in [-0.1, -0.05) is 13.8 Å². The normalized spacial score (nSPS) is 10.8. The molecule has 0 unspecified atom stereocenters. The van der Waals surface area contributed by atoms with Gasteiger partial charge in [0.05, 0.1) is 9.26 Å². The second kappa shape index (κ2) is 5.77. The van der Waals surface area contributed by atoms with Gasteiger partial charge in [-0.05, 0) is 41.5 Å². The molecule has 0 spiro atoms. The van der Waals surface area contributed by atoms with Crippen molar-refractivity contribution >= 4 is 28.4 Å². The molecule has 0 atom stereocenters. The van der Waals surface area contributed by atoms with Crippen LogP contribution in [-0.2, 0) is 0 Å². The fourth-order valence-electron chi connectivity index (χ4n) is 1.71. The Hall–Kier alpha value is -1.31. The fourth-order valence-corrected chi connectivity index (χ4v) is 2.84. The summed E-state index contributed by atoms with van der Waals surface area (Å²) in [6.45, 7) is 6.11. The molecule has 0 aliphatic heterocycles. The molecular weight excluding hydrogens is 353 g/mol. The molecule has 0 bridgehead atoms. The molecule has 0 fully saturated rings. The van der Waals surface area contributed by atoms with E-state index in [1.807, 2.05) is 20.0 Å². The van der Waals surface area contributed by atoms with Crippen LogP contribution >= 0.6 is 22.6 Å². The van der Waals surface area contributed by atoms with E-state index in [2.05, 4.69) is 61.7 Å². The zero-order valence-corrected chi connectivity index (χ0v) is 13.6. The van der Waals surface area contributed by atoms with Crippen LogP contribution in [0.5, 0.6) is 0 Å².